The number of carbonyl (C=O) groups is 1. The molecule has 2 fully saturated rings. The molecule has 4 heterocycles. The van der Waals surface area contributed by atoms with Crippen LogP contribution in [0.4, 0.5) is 0 Å². The molecule has 23 heavy (non-hydrogen) atoms. The van der Waals surface area contributed by atoms with E-state index in [2.05, 4.69) is 10.1 Å². The van der Waals surface area contributed by atoms with Crippen molar-refractivity contribution in [2.45, 2.75) is 19.3 Å². The van der Waals surface area contributed by atoms with Crippen molar-refractivity contribution in [3.05, 3.63) is 34.1 Å². The Morgan fingerprint density at radius 1 is 1.43 bits per heavy atom. The molecule has 122 valence electrons. The van der Waals surface area contributed by atoms with Crippen molar-refractivity contribution in [2.75, 3.05) is 26.3 Å². The van der Waals surface area contributed by atoms with E-state index in [-0.39, 0.29) is 11.8 Å². The average Bonchev–Trinajstić information content (AvgIpc) is 3.26. The molecule has 1 amide bonds. The first-order valence-electron chi connectivity index (χ1n) is 7.87. The summed E-state index contributed by atoms with van der Waals surface area (Å²) in [5.41, 5.74) is 1.09. The van der Waals surface area contributed by atoms with Crippen LogP contribution in [-0.4, -0.2) is 47.3 Å². The molecule has 0 saturated carbocycles. The first-order valence-corrected chi connectivity index (χ1v) is 8.82. The van der Waals surface area contributed by atoms with Gasteiger partial charge in [-0.15, -0.1) is 0 Å². The van der Waals surface area contributed by atoms with Gasteiger partial charge in [-0.05, 0) is 35.2 Å². The molecule has 2 aromatic rings. The zero-order valence-corrected chi connectivity index (χ0v) is 13.8. The van der Waals surface area contributed by atoms with E-state index in [1.54, 1.807) is 11.3 Å². The van der Waals surface area contributed by atoms with Gasteiger partial charge in [0.2, 0.25) is 11.8 Å². The number of rotatable bonds is 3. The molecule has 7 heteroatoms. The quantitative estimate of drug-likeness (QED) is 0.858. The Kier molecular flexibility index (Phi) is 3.90. The van der Waals surface area contributed by atoms with E-state index in [1.165, 1.54) is 0 Å². The van der Waals surface area contributed by atoms with Gasteiger partial charge in [0.1, 0.15) is 0 Å². The summed E-state index contributed by atoms with van der Waals surface area (Å²) < 4.78 is 11.1. The van der Waals surface area contributed by atoms with Crippen LogP contribution in [0.15, 0.2) is 21.3 Å². The molecular formula is C16H19N3O3S. The van der Waals surface area contributed by atoms with Gasteiger partial charge >= 0.3 is 0 Å². The van der Waals surface area contributed by atoms with E-state index in [0.717, 1.165) is 18.7 Å². The summed E-state index contributed by atoms with van der Waals surface area (Å²) in [7, 11) is 0. The minimum Gasteiger partial charge on any atom is -0.380 e. The monoisotopic (exact) mass is 333 g/mol. The molecule has 4 rings (SSSR count). The smallest absolute Gasteiger partial charge is 0.232 e. The molecule has 6 nitrogen and oxygen atoms in total. The number of ether oxygens (including phenoxy) is 1. The molecule has 0 aliphatic carbocycles. The SMILES string of the molecule is Cc1noc([C@H]2COC[C@H]3CN(C(=O)Cc4ccsc4)C[C@H]32)n1. The largest absolute Gasteiger partial charge is 0.380 e. The average molecular weight is 333 g/mol. The second-order valence-corrected chi connectivity index (χ2v) is 7.13. The van der Waals surface area contributed by atoms with Crippen LogP contribution in [0.2, 0.25) is 0 Å². The van der Waals surface area contributed by atoms with Gasteiger partial charge in [0, 0.05) is 19.0 Å². The van der Waals surface area contributed by atoms with Crippen molar-refractivity contribution in [2.24, 2.45) is 11.8 Å². The van der Waals surface area contributed by atoms with Crippen LogP contribution >= 0.6 is 11.3 Å². The third-order valence-corrected chi connectivity index (χ3v) is 5.52. The number of hydrogen-bond donors (Lipinski definition) is 0. The Morgan fingerprint density at radius 3 is 3.09 bits per heavy atom. The predicted molar refractivity (Wildman–Crippen MR) is 84.2 cm³/mol. The van der Waals surface area contributed by atoms with Gasteiger partial charge < -0.3 is 14.2 Å². The molecule has 2 aliphatic rings. The number of nitrogens with zero attached hydrogens (tertiary/aromatic N) is 3. The van der Waals surface area contributed by atoms with E-state index < -0.39 is 0 Å². The second kappa shape index (κ2) is 6.05. The first-order chi connectivity index (χ1) is 11.2. The fourth-order valence-corrected chi connectivity index (χ4v) is 4.27. The summed E-state index contributed by atoms with van der Waals surface area (Å²) in [5.74, 6) is 2.27. The van der Waals surface area contributed by atoms with Gasteiger partial charge in [-0.1, -0.05) is 5.16 Å². The van der Waals surface area contributed by atoms with Crippen molar-refractivity contribution in [3.8, 4) is 0 Å². The van der Waals surface area contributed by atoms with Crippen molar-refractivity contribution in [3.63, 3.8) is 0 Å². The molecule has 0 aromatic carbocycles. The third kappa shape index (κ3) is 2.90. The Balaban J connectivity index is 1.47. The number of amides is 1. The Labute approximate surface area is 138 Å². The fourth-order valence-electron chi connectivity index (χ4n) is 3.60. The highest BCUT2D eigenvalue weighted by Gasteiger charge is 2.44. The topological polar surface area (TPSA) is 68.5 Å². The Hall–Kier alpha value is -1.73. The standard InChI is InChI=1S/C16H19N3O3S/c1-10-17-16(22-18-10)14-8-21-7-12-5-19(6-13(12)14)15(20)4-11-2-3-23-9-11/h2-3,9,12-14H,4-8H2,1H3/t12-,13-,14+/m1/s1. The van der Waals surface area contributed by atoms with Crippen molar-refractivity contribution in [1.29, 1.82) is 0 Å². The fraction of sp³-hybridized carbons (Fsp3) is 0.562. The number of likely N-dealkylation sites (tertiary alicyclic amines) is 1. The summed E-state index contributed by atoms with van der Waals surface area (Å²) in [5, 5.41) is 7.93. The molecule has 2 saturated heterocycles. The zero-order chi connectivity index (χ0) is 15.8. The molecule has 0 N–H and O–H groups in total. The van der Waals surface area contributed by atoms with E-state index >= 15 is 0 Å². The molecule has 2 aromatic heterocycles. The number of carbonyl (C=O) groups excluding carboxylic acids is 1. The van der Waals surface area contributed by atoms with Gasteiger partial charge in [-0.2, -0.15) is 16.3 Å². The minimum absolute atomic E-state index is 0.0916. The highest BCUT2D eigenvalue weighted by atomic mass is 32.1. The maximum absolute atomic E-state index is 12.5. The highest BCUT2D eigenvalue weighted by molar-refractivity contribution is 7.07. The van der Waals surface area contributed by atoms with Crippen LogP contribution in [0.3, 0.4) is 0 Å². The van der Waals surface area contributed by atoms with Gasteiger partial charge in [0.25, 0.3) is 0 Å². The summed E-state index contributed by atoms with van der Waals surface area (Å²) >= 11 is 1.63. The van der Waals surface area contributed by atoms with Crippen LogP contribution in [0.25, 0.3) is 0 Å². The van der Waals surface area contributed by atoms with Crippen LogP contribution in [0, 0.1) is 18.8 Å². The zero-order valence-electron chi connectivity index (χ0n) is 13.0. The van der Waals surface area contributed by atoms with Crippen LogP contribution < -0.4 is 0 Å². The Morgan fingerprint density at radius 2 is 2.35 bits per heavy atom. The van der Waals surface area contributed by atoms with Crippen molar-refractivity contribution in [1.82, 2.24) is 15.0 Å². The van der Waals surface area contributed by atoms with Gasteiger partial charge in [-0.25, -0.2) is 0 Å². The summed E-state index contributed by atoms with van der Waals surface area (Å²) in [6.45, 7) is 4.63. The molecule has 0 bridgehead atoms. The van der Waals surface area contributed by atoms with Gasteiger partial charge in [-0.3, -0.25) is 4.79 Å². The minimum atomic E-state index is 0.0916. The van der Waals surface area contributed by atoms with Crippen molar-refractivity contribution < 1.29 is 14.1 Å². The normalized spacial score (nSPS) is 27.2. The molecule has 0 spiro atoms. The third-order valence-electron chi connectivity index (χ3n) is 4.79. The maximum Gasteiger partial charge on any atom is 0.232 e. The van der Waals surface area contributed by atoms with Crippen LogP contribution in [-0.2, 0) is 16.0 Å². The summed E-state index contributed by atoms with van der Waals surface area (Å²) in [6, 6.07) is 2.01. The summed E-state index contributed by atoms with van der Waals surface area (Å²) in [4.78, 5) is 18.9. The number of aryl methyl sites for hydroxylation is 1. The highest BCUT2D eigenvalue weighted by Crippen LogP contribution is 2.39. The molecule has 2 aliphatic heterocycles. The number of aromatic nitrogens is 2. The molecule has 3 atom stereocenters. The lowest BCUT2D eigenvalue weighted by molar-refractivity contribution is -0.129. The maximum atomic E-state index is 12.5. The van der Waals surface area contributed by atoms with Crippen molar-refractivity contribution >= 4 is 17.2 Å². The number of hydrogen-bond acceptors (Lipinski definition) is 6. The van der Waals surface area contributed by atoms with Crippen LogP contribution in [0.1, 0.15) is 23.2 Å². The molecular weight excluding hydrogens is 314 g/mol. The lowest BCUT2D eigenvalue weighted by Crippen LogP contribution is -2.33. The lowest BCUT2D eigenvalue weighted by atomic mass is 9.83. The van der Waals surface area contributed by atoms with Crippen LogP contribution in [0.5, 0.6) is 0 Å². The van der Waals surface area contributed by atoms with Gasteiger partial charge in [0.05, 0.1) is 25.6 Å². The predicted octanol–water partition coefficient (Wildman–Crippen LogP) is 1.87. The second-order valence-electron chi connectivity index (χ2n) is 6.35. The summed E-state index contributed by atoms with van der Waals surface area (Å²) in [6.07, 6.45) is 0.480. The van der Waals surface area contributed by atoms with E-state index in [0.29, 0.717) is 43.2 Å². The van der Waals surface area contributed by atoms with Gasteiger partial charge in [0.15, 0.2) is 5.82 Å². The molecule has 0 radical (unpaired) electrons. The lowest BCUT2D eigenvalue weighted by Gasteiger charge is -2.30. The first kappa shape index (κ1) is 14.8. The molecule has 0 unspecified atom stereocenters. The van der Waals surface area contributed by atoms with E-state index in [9.17, 15) is 4.79 Å². The van der Waals surface area contributed by atoms with E-state index in [4.69, 9.17) is 9.26 Å². The Bertz CT molecular complexity index is 685. The number of fused-ring (bicyclic) bond motifs is 1. The number of thiophene rings is 1. The van der Waals surface area contributed by atoms with E-state index in [1.807, 2.05) is 28.7 Å².